The van der Waals surface area contributed by atoms with E-state index in [2.05, 4.69) is 11.9 Å². The van der Waals surface area contributed by atoms with Crippen LogP contribution in [-0.2, 0) is 10.2 Å². The van der Waals surface area contributed by atoms with Crippen LogP contribution < -0.4 is 9.47 Å². The van der Waals surface area contributed by atoms with E-state index in [0.29, 0.717) is 43.0 Å². The van der Waals surface area contributed by atoms with Gasteiger partial charge in [-0.1, -0.05) is 24.3 Å². The summed E-state index contributed by atoms with van der Waals surface area (Å²) in [5.74, 6) is 1.11. The average molecular weight is 398 g/mol. The number of carbonyl (C=O) groups is 1. The van der Waals surface area contributed by atoms with E-state index in [1.165, 1.54) is 6.07 Å². The topological polar surface area (TPSA) is 42.0 Å². The molecule has 4 rings (SSSR count). The number of nitrogens with zero attached hydrogens (tertiary/aromatic N) is 2. The third kappa shape index (κ3) is 3.46. The molecule has 1 saturated heterocycles. The van der Waals surface area contributed by atoms with Gasteiger partial charge >= 0.3 is 0 Å². The lowest BCUT2D eigenvalue weighted by molar-refractivity contribution is -0.136. The monoisotopic (exact) mass is 398 g/mol. The van der Waals surface area contributed by atoms with Crippen LogP contribution in [-0.4, -0.2) is 56.6 Å². The van der Waals surface area contributed by atoms with Gasteiger partial charge in [-0.3, -0.25) is 9.69 Å². The first kappa shape index (κ1) is 19.7. The summed E-state index contributed by atoms with van der Waals surface area (Å²) in [7, 11) is 5.29. The Labute approximate surface area is 171 Å². The summed E-state index contributed by atoms with van der Waals surface area (Å²) in [5.41, 5.74) is 0.911. The summed E-state index contributed by atoms with van der Waals surface area (Å²) in [5, 5.41) is 0. The Hall–Kier alpha value is -2.60. The van der Waals surface area contributed by atoms with Crippen molar-refractivity contribution in [2.45, 2.75) is 24.3 Å². The minimum absolute atomic E-state index is 0.0428. The van der Waals surface area contributed by atoms with Gasteiger partial charge in [0.25, 0.3) is 0 Å². The number of methoxy groups -OCH3 is 2. The van der Waals surface area contributed by atoms with E-state index < -0.39 is 5.41 Å². The quantitative estimate of drug-likeness (QED) is 0.774. The first-order valence-corrected chi connectivity index (χ1v) is 9.96. The Kier molecular flexibility index (Phi) is 5.21. The molecule has 154 valence electrons. The molecule has 6 heteroatoms. The van der Waals surface area contributed by atoms with Crippen LogP contribution in [0.15, 0.2) is 42.5 Å². The van der Waals surface area contributed by atoms with Crippen molar-refractivity contribution in [2.75, 3.05) is 40.9 Å². The molecule has 0 aromatic heterocycles. The van der Waals surface area contributed by atoms with E-state index in [9.17, 15) is 9.18 Å². The molecule has 1 heterocycles. The molecule has 1 aliphatic heterocycles. The van der Waals surface area contributed by atoms with Crippen molar-refractivity contribution in [1.29, 1.82) is 0 Å². The molecule has 1 saturated carbocycles. The maximum atomic E-state index is 14.4. The smallest absolute Gasteiger partial charge is 0.233 e. The summed E-state index contributed by atoms with van der Waals surface area (Å²) in [4.78, 5) is 17.6. The Morgan fingerprint density at radius 2 is 1.79 bits per heavy atom. The van der Waals surface area contributed by atoms with Gasteiger partial charge in [0, 0.05) is 25.2 Å². The Morgan fingerprint density at radius 3 is 2.45 bits per heavy atom. The number of carbonyl (C=O) groups excluding carboxylic acids is 1. The van der Waals surface area contributed by atoms with Crippen molar-refractivity contribution in [3.63, 3.8) is 0 Å². The van der Waals surface area contributed by atoms with Gasteiger partial charge in [-0.2, -0.15) is 0 Å². The molecule has 2 aromatic rings. The molecule has 0 bridgehead atoms. The number of hydrogen-bond acceptors (Lipinski definition) is 4. The third-order valence-electron chi connectivity index (χ3n) is 6.28. The summed E-state index contributed by atoms with van der Waals surface area (Å²) in [6.07, 6.45) is 1.42. The highest BCUT2D eigenvalue weighted by Crippen LogP contribution is 2.51. The second-order valence-electron chi connectivity index (χ2n) is 7.92. The number of amides is 1. The zero-order chi connectivity index (χ0) is 20.6. The molecule has 5 nitrogen and oxygen atoms in total. The highest BCUT2D eigenvalue weighted by molar-refractivity contribution is 5.91. The molecule has 1 aliphatic carbocycles. The number of ether oxygens (including phenoxy) is 2. The molecule has 2 aliphatic rings. The van der Waals surface area contributed by atoms with Crippen molar-refractivity contribution >= 4 is 5.91 Å². The second-order valence-corrected chi connectivity index (χ2v) is 7.92. The van der Waals surface area contributed by atoms with Crippen molar-refractivity contribution in [3.8, 4) is 11.5 Å². The predicted octanol–water partition coefficient (Wildman–Crippen LogP) is 3.39. The van der Waals surface area contributed by atoms with Crippen LogP contribution in [0, 0.1) is 5.82 Å². The molecule has 1 atom stereocenters. The van der Waals surface area contributed by atoms with Gasteiger partial charge < -0.3 is 14.4 Å². The summed E-state index contributed by atoms with van der Waals surface area (Å²) in [6, 6.07) is 12.6. The molecular weight excluding hydrogens is 371 g/mol. The van der Waals surface area contributed by atoms with Crippen LogP contribution in [0.5, 0.6) is 11.5 Å². The van der Waals surface area contributed by atoms with Crippen LogP contribution in [0.2, 0.25) is 0 Å². The standard InChI is InChI=1S/C23H27FN2O3/c1-25-12-13-26(15-19(25)16-8-9-20(28-2)21(14-16)29-3)22(27)23(10-11-23)17-6-4-5-7-18(17)24/h4-9,14,19H,10-13,15H2,1-3H3. The molecule has 2 fully saturated rings. The van der Waals surface area contributed by atoms with Gasteiger partial charge in [0.15, 0.2) is 11.5 Å². The average Bonchev–Trinajstić information content (AvgIpc) is 3.55. The van der Waals surface area contributed by atoms with Crippen molar-refractivity contribution in [3.05, 3.63) is 59.4 Å². The Balaban J connectivity index is 1.58. The number of rotatable bonds is 5. The molecule has 2 aromatic carbocycles. The molecule has 1 unspecified atom stereocenters. The second kappa shape index (κ2) is 7.67. The van der Waals surface area contributed by atoms with Crippen molar-refractivity contribution in [1.82, 2.24) is 9.80 Å². The molecular formula is C23H27FN2O3. The lowest BCUT2D eigenvalue weighted by Gasteiger charge is -2.41. The van der Waals surface area contributed by atoms with Gasteiger partial charge in [-0.15, -0.1) is 0 Å². The summed E-state index contributed by atoms with van der Waals surface area (Å²) in [6.45, 7) is 1.98. The fourth-order valence-electron chi connectivity index (χ4n) is 4.35. The number of piperazine rings is 1. The van der Waals surface area contributed by atoms with Crippen LogP contribution in [0.1, 0.15) is 30.0 Å². The van der Waals surface area contributed by atoms with Crippen LogP contribution in [0.25, 0.3) is 0 Å². The SMILES string of the molecule is COc1ccc(C2CN(C(=O)C3(c4ccccc4F)CC3)CCN2C)cc1OC. The normalized spacial score (nSPS) is 21.0. The highest BCUT2D eigenvalue weighted by atomic mass is 19.1. The van der Waals surface area contributed by atoms with Gasteiger partial charge in [0.05, 0.1) is 25.7 Å². The largest absolute Gasteiger partial charge is 0.493 e. The van der Waals surface area contributed by atoms with Crippen molar-refractivity contribution in [2.24, 2.45) is 0 Å². The number of halogens is 1. The van der Waals surface area contributed by atoms with E-state index >= 15 is 0 Å². The number of hydrogen-bond donors (Lipinski definition) is 0. The minimum Gasteiger partial charge on any atom is -0.493 e. The zero-order valence-electron chi connectivity index (χ0n) is 17.2. The first-order chi connectivity index (χ1) is 14.0. The molecule has 29 heavy (non-hydrogen) atoms. The van der Waals surface area contributed by atoms with E-state index in [1.54, 1.807) is 26.4 Å². The first-order valence-electron chi connectivity index (χ1n) is 9.96. The molecule has 0 radical (unpaired) electrons. The molecule has 0 N–H and O–H groups in total. The van der Waals surface area contributed by atoms with E-state index in [-0.39, 0.29) is 17.8 Å². The number of likely N-dealkylation sites (N-methyl/N-ethyl adjacent to an activating group) is 1. The van der Waals surface area contributed by atoms with Crippen LogP contribution in [0.3, 0.4) is 0 Å². The molecule has 0 spiro atoms. The Bertz CT molecular complexity index is 913. The Morgan fingerprint density at radius 1 is 1.07 bits per heavy atom. The lowest BCUT2D eigenvalue weighted by Crippen LogP contribution is -2.51. The summed E-state index contributed by atoms with van der Waals surface area (Å²) >= 11 is 0. The van der Waals surface area contributed by atoms with Gasteiger partial charge in [0.1, 0.15) is 5.82 Å². The van der Waals surface area contributed by atoms with Crippen LogP contribution >= 0.6 is 0 Å². The summed E-state index contributed by atoms with van der Waals surface area (Å²) < 4.78 is 25.2. The minimum atomic E-state index is -0.691. The van der Waals surface area contributed by atoms with E-state index in [4.69, 9.17) is 9.47 Å². The highest BCUT2D eigenvalue weighted by Gasteiger charge is 2.54. The zero-order valence-corrected chi connectivity index (χ0v) is 17.2. The fourth-order valence-corrected chi connectivity index (χ4v) is 4.35. The van der Waals surface area contributed by atoms with Gasteiger partial charge in [0.2, 0.25) is 5.91 Å². The number of benzene rings is 2. The van der Waals surface area contributed by atoms with E-state index in [0.717, 1.165) is 12.1 Å². The maximum absolute atomic E-state index is 14.4. The lowest BCUT2D eigenvalue weighted by atomic mass is 9.92. The maximum Gasteiger partial charge on any atom is 0.233 e. The van der Waals surface area contributed by atoms with E-state index in [1.807, 2.05) is 29.2 Å². The van der Waals surface area contributed by atoms with Gasteiger partial charge in [-0.05, 0) is 43.7 Å². The fraction of sp³-hybridized carbons (Fsp3) is 0.435. The van der Waals surface area contributed by atoms with Crippen molar-refractivity contribution < 1.29 is 18.7 Å². The predicted molar refractivity (Wildman–Crippen MR) is 109 cm³/mol. The van der Waals surface area contributed by atoms with Crippen LogP contribution in [0.4, 0.5) is 4.39 Å². The molecule has 1 amide bonds. The van der Waals surface area contributed by atoms with Gasteiger partial charge in [-0.25, -0.2) is 4.39 Å². The third-order valence-corrected chi connectivity index (χ3v) is 6.28.